The van der Waals surface area contributed by atoms with Gasteiger partial charge in [0.25, 0.3) is 6.54 Å². The Morgan fingerprint density at radius 2 is 2.50 bits per heavy atom. The summed E-state index contributed by atoms with van der Waals surface area (Å²) >= 11 is 1.55. The molecule has 2 heterocycles. The molecule has 0 aromatic carbocycles. The lowest BCUT2D eigenvalue weighted by Crippen LogP contribution is -2.41. The number of rotatable bonds is 3. The van der Waals surface area contributed by atoms with Crippen LogP contribution in [0.5, 0.6) is 0 Å². The molecule has 0 unspecified atom stereocenters. The Balaban J connectivity index is 2.14. The monoisotopic (exact) mass is 236 g/mol. The predicted octanol–water partition coefficient (Wildman–Crippen LogP) is 0.666. The lowest BCUT2D eigenvalue weighted by molar-refractivity contribution is -0.743. The van der Waals surface area contributed by atoms with Gasteiger partial charge in [0.2, 0.25) is 0 Å². The van der Waals surface area contributed by atoms with Crippen LogP contribution in [0.1, 0.15) is 0 Å². The number of nitrogens with zero attached hydrogens (tertiary/aromatic N) is 3. The van der Waals surface area contributed by atoms with Gasteiger partial charge in [-0.2, -0.15) is 0 Å². The van der Waals surface area contributed by atoms with E-state index in [0.29, 0.717) is 0 Å². The second kappa shape index (κ2) is 4.80. The predicted molar refractivity (Wildman–Crippen MR) is 57.6 cm³/mol. The van der Waals surface area contributed by atoms with Crippen molar-refractivity contribution >= 4 is 17.3 Å². The summed E-state index contributed by atoms with van der Waals surface area (Å²) in [5.41, 5.74) is 0.941. The maximum Gasteiger partial charge on any atom is 0.374 e. The van der Waals surface area contributed by atoms with E-state index in [1.54, 1.807) is 29.9 Å². The summed E-state index contributed by atoms with van der Waals surface area (Å²) in [6.45, 7) is 0.120. The molecule has 0 aliphatic rings. The number of ether oxygens (including phenoxy) is 1. The van der Waals surface area contributed by atoms with E-state index >= 15 is 0 Å². The van der Waals surface area contributed by atoms with Crippen molar-refractivity contribution in [3.8, 4) is 10.6 Å². The highest BCUT2D eigenvalue weighted by molar-refractivity contribution is 7.13. The molecular formula is C10H10N3O2S+. The summed E-state index contributed by atoms with van der Waals surface area (Å²) in [5.74, 6) is -0.320. The topological polar surface area (TPSA) is 56.0 Å². The molecule has 0 aliphatic heterocycles. The molecule has 82 valence electrons. The van der Waals surface area contributed by atoms with Gasteiger partial charge in [0.15, 0.2) is 6.20 Å². The molecule has 0 aliphatic carbocycles. The summed E-state index contributed by atoms with van der Waals surface area (Å²) in [5, 5.41) is 6.93. The highest BCUT2D eigenvalue weighted by Crippen LogP contribution is 2.18. The summed E-state index contributed by atoms with van der Waals surface area (Å²) in [4.78, 5) is 15.2. The molecule has 5 nitrogen and oxygen atoms in total. The van der Waals surface area contributed by atoms with E-state index in [0.717, 1.165) is 10.6 Å². The molecule has 0 N–H and O–H groups in total. The Labute approximate surface area is 96.3 Å². The van der Waals surface area contributed by atoms with Crippen molar-refractivity contribution in [1.82, 2.24) is 10.1 Å². The standard InChI is InChI=1S/C10H10N3O2S/c1-15-9(14)7-13-4-2-8(6-12-13)10-11-3-5-16-10/h2-6H,7H2,1H3/q+1. The first-order valence-electron chi connectivity index (χ1n) is 4.62. The van der Waals surface area contributed by atoms with Gasteiger partial charge in [-0.05, 0) is 5.10 Å². The lowest BCUT2D eigenvalue weighted by atomic mass is 10.3. The molecule has 0 spiro atoms. The van der Waals surface area contributed by atoms with Gasteiger partial charge in [-0.15, -0.1) is 11.3 Å². The first-order chi connectivity index (χ1) is 7.79. The second-order valence-electron chi connectivity index (χ2n) is 3.03. The SMILES string of the molecule is COC(=O)C[n+]1ccc(-c2nccs2)cn1. The number of methoxy groups -OCH3 is 1. The summed E-state index contributed by atoms with van der Waals surface area (Å²) in [7, 11) is 1.35. The van der Waals surface area contributed by atoms with Crippen molar-refractivity contribution < 1.29 is 14.2 Å². The van der Waals surface area contributed by atoms with E-state index in [-0.39, 0.29) is 12.5 Å². The highest BCUT2D eigenvalue weighted by atomic mass is 32.1. The second-order valence-corrected chi connectivity index (χ2v) is 3.92. The van der Waals surface area contributed by atoms with Crippen LogP contribution in [-0.2, 0) is 16.1 Å². The number of esters is 1. The van der Waals surface area contributed by atoms with Gasteiger partial charge in [0, 0.05) is 23.2 Å². The van der Waals surface area contributed by atoms with E-state index < -0.39 is 0 Å². The molecule has 0 bridgehead atoms. The zero-order valence-corrected chi connectivity index (χ0v) is 9.48. The summed E-state index contributed by atoms with van der Waals surface area (Å²) < 4.78 is 6.06. The lowest BCUT2D eigenvalue weighted by Gasteiger charge is -1.95. The van der Waals surface area contributed by atoms with Crippen molar-refractivity contribution in [3.63, 3.8) is 0 Å². The van der Waals surface area contributed by atoms with Crippen molar-refractivity contribution in [2.24, 2.45) is 0 Å². The van der Waals surface area contributed by atoms with Crippen LogP contribution in [0, 0.1) is 0 Å². The molecule has 6 heteroatoms. The zero-order valence-electron chi connectivity index (χ0n) is 8.66. The minimum absolute atomic E-state index is 0.120. The van der Waals surface area contributed by atoms with Crippen LogP contribution in [0.15, 0.2) is 30.0 Å². The van der Waals surface area contributed by atoms with Crippen LogP contribution >= 0.6 is 11.3 Å². The van der Waals surface area contributed by atoms with Crippen molar-refractivity contribution in [2.75, 3.05) is 7.11 Å². The maximum absolute atomic E-state index is 11.0. The van der Waals surface area contributed by atoms with Crippen LogP contribution in [0.25, 0.3) is 10.6 Å². The van der Waals surface area contributed by atoms with Crippen molar-refractivity contribution in [1.29, 1.82) is 0 Å². The molecular weight excluding hydrogens is 226 g/mol. The average molecular weight is 236 g/mol. The first-order valence-corrected chi connectivity index (χ1v) is 5.50. The third-order valence-electron chi connectivity index (χ3n) is 1.97. The fourth-order valence-corrected chi connectivity index (χ4v) is 1.80. The van der Waals surface area contributed by atoms with Gasteiger partial charge in [-0.3, -0.25) is 0 Å². The third kappa shape index (κ3) is 2.40. The number of thiazole rings is 1. The van der Waals surface area contributed by atoms with E-state index in [2.05, 4.69) is 14.8 Å². The fraction of sp³-hybridized carbons (Fsp3) is 0.200. The third-order valence-corrected chi connectivity index (χ3v) is 2.79. The number of carbonyl (C=O) groups is 1. The van der Waals surface area contributed by atoms with Gasteiger partial charge < -0.3 is 4.74 Å². The molecule has 0 fully saturated rings. The Morgan fingerprint density at radius 1 is 1.62 bits per heavy atom. The van der Waals surface area contributed by atoms with Crippen LogP contribution < -0.4 is 4.68 Å². The molecule has 16 heavy (non-hydrogen) atoms. The van der Waals surface area contributed by atoms with Crippen LogP contribution in [0.3, 0.4) is 0 Å². The van der Waals surface area contributed by atoms with Crippen molar-refractivity contribution in [3.05, 3.63) is 30.0 Å². The highest BCUT2D eigenvalue weighted by Gasteiger charge is 2.11. The Morgan fingerprint density at radius 3 is 3.06 bits per heavy atom. The van der Waals surface area contributed by atoms with E-state index in [1.807, 2.05) is 11.4 Å². The van der Waals surface area contributed by atoms with Crippen LogP contribution in [-0.4, -0.2) is 23.2 Å². The molecule has 0 saturated heterocycles. The van der Waals surface area contributed by atoms with E-state index in [1.165, 1.54) is 11.8 Å². The van der Waals surface area contributed by atoms with Crippen molar-refractivity contribution in [2.45, 2.75) is 6.54 Å². The quantitative estimate of drug-likeness (QED) is 0.580. The normalized spacial score (nSPS) is 10.1. The molecule has 0 amide bonds. The Bertz CT molecular complexity index is 467. The minimum atomic E-state index is -0.320. The maximum atomic E-state index is 11.0. The number of carbonyl (C=O) groups excluding carboxylic acids is 1. The zero-order chi connectivity index (χ0) is 11.4. The molecule has 0 atom stereocenters. The van der Waals surface area contributed by atoms with E-state index in [4.69, 9.17) is 0 Å². The molecule has 2 aromatic rings. The Kier molecular flexibility index (Phi) is 3.21. The van der Waals surface area contributed by atoms with Gasteiger partial charge in [-0.25, -0.2) is 9.78 Å². The van der Waals surface area contributed by atoms with E-state index in [9.17, 15) is 4.79 Å². The smallest absolute Gasteiger partial charge is 0.374 e. The van der Waals surface area contributed by atoms with Gasteiger partial charge >= 0.3 is 5.97 Å². The van der Waals surface area contributed by atoms with Crippen LogP contribution in [0.2, 0.25) is 0 Å². The molecule has 2 rings (SSSR count). The van der Waals surface area contributed by atoms with Gasteiger partial charge in [0.1, 0.15) is 11.2 Å². The first kappa shape index (κ1) is 10.7. The number of hydrogen-bond acceptors (Lipinski definition) is 5. The van der Waals surface area contributed by atoms with Gasteiger partial charge in [0.05, 0.1) is 7.11 Å². The van der Waals surface area contributed by atoms with Crippen LogP contribution in [0.4, 0.5) is 0 Å². The number of hydrogen-bond donors (Lipinski definition) is 0. The molecule has 0 saturated carbocycles. The van der Waals surface area contributed by atoms with Gasteiger partial charge in [-0.1, -0.05) is 4.68 Å². The fourth-order valence-electron chi connectivity index (χ4n) is 1.17. The number of aromatic nitrogens is 3. The minimum Gasteiger partial charge on any atom is -0.464 e. The summed E-state index contributed by atoms with van der Waals surface area (Å²) in [6.07, 6.45) is 5.16. The average Bonchev–Trinajstić information content (AvgIpc) is 2.83. The Hall–Kier alpha value is -1.82. The molecule has 2 aromatic heterocycles. The molecule has 0 radical (unpaired) electrons. The largest absolute Gasteiger partial charge is 0.464 e. The summed E-state index contributed by atoms with van der Waals surface area (Å²) in [6, 6.07) is 1.87.